The van der Waals surface area contributed by atoms with E-state index in [0.717, 1.165) is 22.4 Å². The van der Waals surface area contributed by atoms with E-state index in [9.17, 15) is 5.11 Å². The summed E-state index contributed by atoms with van der Waals surface area (Å²) in [6, 6.07) is 15.2. The van der Waals surface area contributed by atoms with Gasteiger partial charge in [0.05, 0.1) is 23.7 Å². The summed E-state index contributed by atoms with van der Waals surface area (Å²) in [5, 5.41) is 11.0. The largest absolute Gasteiger partial charge is 0.387 e. The Morgan fingerprint density at radius 2 is 1.85 bits per heavy atom. The molecule has 0 saturated carbocycles. The lowest BCUT2D eigenvalue weighted by atomic mass is 10.1. The average Bonchev–Trinajstić information content (AvgIpc) is 2.76. The zero-order valence-electron chi connectivity index (χ0n) is 11.1. The maximum absolute atomic E-state index is 10.4. The van der Waals surface area contributed by atoms with Crippen LogP contribution in [0.3, 0.4) is 0 Å². The number of para-hydroxylation sites is 2. The highest BCUT2D eigenvalue weighted by molar-refractivity contribution is 6.30. The molecule has 2 aromatic carbocycles. The van der Waals surface area contributed by atoms with Crippen molar-refractivity contribution < 1.29 is 5.11 Å². The first-order chi connectivity index (χ1) is 9.65. The third kappa shape index (κ3) is 2.42. The molecule has 0 aliphatic carbocycles. The van der Waals surface area contributed by atoms with Gasteiger partial charge in [-0.2, -0.15) is 0 Å². The predicted molar refractivity (Wildman–Crippen MR) is 80.9 cm³/mol. The number of aromatic nitrogens is 2. The summed E-state index contributed by atoms with van der Waals surface area (Å²) in [5.41, 5.74) is 2.85. The van der Waals surface area contributed by atoms with Gasteiger partial charge in [-0.25, -0.2) is 4.98 Å². The van der Waals surface area contributed by atoms with Crippen LogP contribution in [0.5, 0.6) is 0 Å². The van der Waals surface area contributed by atoms with Gasteiger partial charge >= 0.3 is 0 Å². The van der Waals surface area contributed by atoms with Gasteiger partial charge in [0.15, 0.2) is 0 Å². The van der Waals surface area contributed by atoms with Crippen LogP contribution in [0.2, 0.25) is 5.02 Å². The molecule has 0 bridgehead atoms. The van der Waals surface area contributed by atoms with Gasteiger partial charge in [0.2, 0.25) is 0 Å². The van der Waals surface area contributed by atoms with Crippen molar-refractivity contribution in [3.05, 3.63) is 64.9 Å². The molecule has 1 aromatic heterocycles. The van der Waals surface area contributed by atoms with E-state index in [-0.39, 0.29) is 0 Å². The van der Waals surface area contributed by atoms with Crippen LogP contribution in [0.25, 0.3) is 11.0 Å². The lowest BCUT2D eigenvalue weighted by Gasteiger charge is -2.14. The Morgan fingerprint density at radius 3 is 2.60 bits per heavy atom. The van der Waals surface area contributed by atoms with Crippen molar-refractivity contribution in [1.82, 2.24) is 9.55 Å². The van der Waals surface area contributed by atoms with Gasteiger partial charge in [0, 0.05) is 5.02 Å². The molecule has 0 amide bonds. The molecule has 0 radical (unpaired) electrons. The highest BCUT2D eigenvalue weighted by Gasteiger charge is 2.13. The van der Waals surface area contributed by atoms with Gasteiger partial charge in [-0.1, -0.05) is 35.9 Å². The van der Waals surface area contributed by atoms with E-state index in [2.05, 4.69) is 4.98 Å². The van der Waals surface area contributed by atoms with Crippen molar-refractivity contribution >= 4 is 22.6 Å². The normalized spacial score (nSPS) is 12.8. The molecule has 4 heteroatoms. The van der Waals surface area contributed by atoms with E-state index in [1.807, 2.05) is 47.9 Å². The third-order valence-corrected chi connectivity index (χ3v) is 3.71. The molecule has 1 heterocycles. The van der Waals surface area contributed by atoms with Gasteiger partial charge in [-0.3, -0.25) is 0 Å². The maximum atomic E-state index is 10.4. The number of aliphatic hydroxyl groups is 1. The second-order valence-corrected chi connectivity index (χ2v) is 5.26. The smallest absolute Gasteiger partial charge is 0.106 e. The summed E-state index contributed by atoms with van der Waals surface area (Å²) in [7, 11) is 0. The molecule has 0 aliphatic rings. The summed E-state index contributed by atoms with van der Waals surface area (Å²) in [4.78, 5) is 4.50. The predicted octanol–water partition coefficient (Wildman–Crippen LogP) is 3.73. The van der Waals surface area contributed by atoms with Gasteiger partial charge in [-0.05, 0) is 36.8 Å². The monoisotopic (exact) mass is 286 g/mol. The lowest BCUT2D eigenvalue weighted by molar-refractivity contribution is 0.157. The first-order valence-corrected chi connectivity index (χ1v) is 6.88. The average molecular weight is 287 g/mol. The van der Waals surface area contributed by atoms with E-state index in [4.69, 9.17) is 11.6 Å². The molecule has 102 valence electrons. The molecule has 1 N–H and O–H groups in total. The lowest BCUT2D eigenvalue weighted by Crippen LogP contribution is -2.10. The highest BCUT2D eigenvalue weighted by atomic mass is 35.5. The summed E-state index contributed by atoms with van der Waals surface area (Å²) < 4.78 is 2.04. The molecule has 3 rings (SSSR count). The minimum Gasteiger partial charge on any atom is -0.387 e. The number of fused-ring (bicyclic) bond motifs is 1. The fraction of sp³-hybridized carbons (Fsp3) is 0.188. The zero-order valence-corrected chi connectivity index (χ0v) is 11.9. The SMILES string of the molecule is Cc1nc2ccccc2n1C[C@@H](O)c1ccc(Cl)cc1. The number of aliphatic hydroxyl groups excluding tert-OH is 1. The Hall–Kier alpha value is -1.84. The van der Waals surface area contributed by atoms with E-state index < -0.39 is 6.10 Å². The molecular weight excluding hydrogens is 272 g/mol. The fourth-order valence-corrected chi connectivity index (χ4v) is 2.52. The Kier molecular flexibility index (Phi) is 3.47. The summed E-state index contributed by atoms with van der Waals surface area (Å²) in [5.74, 6) is 0.902. The van der Waals surface area contributed by atoms with Crippen molar-refractivity contribution in [3.63, 3.8) is 0 Å². The van der Waals surface area contributed by atoms with Crippen molar-refractivity contribution in [3.8, 4) is 0 Å². The second-order valence-electron chi connectivity index (χ2n) is 4.83. The molecular formula is C16H15ClN2O. The number of rotatable bonds is 3. The zero-order chi connectivity index (χ0) is 14.1. The maximum Gasteiger partial charge on any atom is 0.106 e. The summed E-state index contributed by atoms with van der Waals surface area (Å²) in [6.45, 7) is 2.43. The van der Waals surface area contributed by atoms with Crippen molar-refractivity contribution in [1.29, 1.82) is 0 Å². The van der Waals surface area contributed by atoms with Crippen molar-refractivity contribution in [2.75, 3.05) is 0 Å². The van der Waals surface area contributed by atoms with E-state index in [0.29, 0.717) is 11.6 Å². The molecule has 20 heavy (non-hydrogen) atoms. The molecule has 0 fully saturated rings. The summed E-state index contributed by atoms with van der Waals surface area (Å²) in [6.07, 6.45) is -0.580. The topological polar surface area (TPSA) is 38.0 Å². The van der Waals surface area contributed by atoms with Crippen LogP contribution in [0, 0.1) is 6.92 Å². The minimum absolute atomic E-state index is 0.480. The first kappa shape index (κ1) is 13.2. The third-order valence-electron chi connectivity index (χ3n) is 3.46. The Morgan fingerprint density at radius 1 is 1.15 bits per heavy atom. The Balaban J connectivity index is 1.92. The van der Waals surface area contributed by atoms with Crippen LogP contribution >= 0.6 is 11.6 Å². The second kappa shape index (κ2) is 5.27. The number of nitrogens with zero attached hydrogens (tertiary/aromatic N) is 2. The summed E-state index contributed by atoms with van der Waals surface area (Å²) >= 11 is 5.87. The molecule has 0 saturated heterocycles. The first-order valence-electron chi connectivity index (χ1n) is 6.50. The number of hydrogen-bond donors (Lipinski definition) is 1. The van der Waals surface area contributed by atoms with Crippen LogP contribution in [0.4, 0.5) is 0 Å². The highest BCUT2D eigenvalue weighted by Crippen LogP contribution is 2.22. The molecule has 1 atom stereocenters. The standard InChI is InChI=1S/C16H15ClN2O/c1-11-18-14-4-2-3-5-15(14)19(11)10-16(20)12-6-8-13(17)9-7-12/h2-9,16,20H,10H2,1H3/t16-/m1/s1. The molecule has 3 aromatic rings. The number of hydrogen-bond acceptors (Lipinski definition) is 2. The van der Waals surface area contributed by atoms with Crippen LogP contribution < -0.4 is 0 Å². The van der Waals surface area contributed by atoms with Gasteiger partial charge in [-0.15, -0.1) is 0 Å². The number of imidazole rings is 1. The quantitative estimate of drug-likeness (QED) is 0.797. The minimum atomic E-state index is -0.580. The Bertz CT molecular complexity index is 734. The number of aryl methyl sites for hydroxylation is 1. The van der Waals surface area contributed by atoms with Gasteiger partial charge in [0.25, 0.3) is 0 Å². The molecule has 3 nitrogen and oxygen atoms in total. The van der Waals surface area contributed by atoms with E-state index in [1.165, 1.54) is 0 Å². The van der Waals surface area contributed by atoms with Gasteiger partial charge < -0.3 is 9.67 Å². The fourth-order valence-electron chi connectivity index (χ4n) is 2.39. The van der Waals surface area contributed by atoms with Crippen LogP contribution in [0.1, 0.15) is 17.5 Å². The van der Waals surface area contributed by atoms with Crippen LogP contribution in [-0.2, 0) is 6.54 Å². The van der Waals surface area contributed by atoms with Gasteiger partial charge in [0.1, 0.15) is 5.82 Å². The molecule has 0 aliphatic heterocycles. The molecule has 0 spiro atoms. The number of benzene rings is 2. The van der Waals surface area contributed by atoms with Crippen molar-refractivity contribution in [2.24, 2.45) is 0 Å². The van der Waals surface area contributed by atoms with Crippen molar-refractivity contribution in [2.45, 2.75) is 19.6 Å². The van der Waals surface area contributed by atoms with E-state index >= 15 is 0 Å². The van der Waals surface area contributed by atoms with Crippen LogP contribution in [0.15, 0.2) is 48.5 Å². The van der Waals surface area contributed by atoms with E-state index in [1.54, 1.807) is 12.1 Å². The number of halogens is 1. The van der Waals surface area contributed by atoms with Crippen LogP contribution in [-0.4, -0.2) is 14.7 Å². The molecule has 0 unspecified atom stereocenters. The Labute approximate surface area is 122 Å².